The zero-order valence-electron chi connectivity index (χ0n) is 12.7. The van der Waals surface area contributed by atoms with Crippen molar-refractivity contribution in [2.24, 2.45) is 5.10 Å². The molecule has 5 heteroatoms. The summed E-state index contributed by atoms with van der Waals surface area (Å²) in [5, 5.41) is 4.15. The second-order valence-corrected chi connectivity index (χ2v) is 5.88. The molecule has 0 saturated carbocycles. The van der Waals surface area contributed by atoms with Crippen LogP contribution in [-0.2, 0) is 0 Å². The molecule has 1 heterocycles. The van der Waals surface area contributed by atoms with E-state index in [2.05, 4.69) is 10.5 Å². The molecule has 23 heavy (non-hydrogen) atoms. The van der Waals surface area contributed by atoms with E-state index in [0.29, 0.717) is 22.4 Å². The normalized spacial score (nSPS) is 17.8. The maximum Gasteiger partial charge on any atom is 0.144 e. The van der Waals surface area contributed by atoms with Gasteiger partial charge in [-0.3, -0.25) is 5.43 Å². The van der Waals surface area contributed by atoms with Crippen molar-refractivity contribution in [2.45, 2.75) is 19.3 Å². The zero-order valence-corrected chi connectivity index (χ0v) is 13.5. The van der Waals surface area contributed by atoms with E-state index in [0.717, 1.165) is 5.56 Å². The van der Waals surface area contributed by atoms with E-state index < -0.39 is 17.1 Å². The van der Waals surface area contributed by atoms with Crippen molar-refractivity contribution in [1.82, 2.24) is 5.43 Å². The fourth-order valence-electron chi connectivity index (χ4n) is 2.77. The highest BCUT2D eigenvalue weighted by Gasteiger charge is 2.29. The summed E-state index contributed by atoms with van der Waals surface area (Å²) in [5.41, 5.74) is 4.75. The summed E-state index contributed by atoms with van der Waals surface area (Å²) in [7, 11) is 0. The van der Waals surface area contributed by atoms with Gasteiger partial charge in [0.1, 0.15) is 17.1 Å². The number of benzene rings is 2. The van der Waals surface area contributed by atoms with Gasteiger partial charge in [0.15, 0.2) is 0 Å². The Hall–Kier alpha value is -2.20. The molecule has 118 valence electrons. The molecule has 0 aromatic heterocycles. The molecule has 1 aliphatic heterocycles. The maximum atomic E-state index is 14.5. The molecule has 2 aromatic rings. The van der Waals surface area contributed by atoms with Crippen LogP contribution in [0.15, 0.2) is 47.6 Å². The minimum absolute atomic E-state index is 0.115. The Morgan fingerprint density at radius 2 is 1.65 bits per heavy atom. The molecule has 0 bridgehead atoms. The van der Waals surface area contributed by atoms with Crippen LogP contribution in [0.1, 0.15) is 23.6 Å². The summed E-state index contributed by atoms with van der Waals surface area (Å²) in [4.78, 5) is 0. The van der Waals surface area contributed by atoms with Crippen LogP contribution in [0, 0.1) is 18.6 Å². The number of nitrogens with zero attached hydrogens (tertiary/aromatic N) is 1. The van der Waals surface area contributed by atoms with Gasteiger partial charge >= 0.3 is 0 Å². The van der Waals surface area contributed by atoms with E-state index in [1.807, 2.05) is 30.3 Å². The molecule has 0 amide bonds. The fourth-order valence-corrected chi connectivity index (χ4v) is 3.04. The molecule has 0 saturated heterocycles. The van der Waals surface area contributed by atoms with E-state index in [9.17, 15) is 8.78 Å². The van der Waals surface area contributed by atoms with Gasteiger partial charge in [-0.2, -0.15) is 5.10 Å². The van der Waals surface area contributed by atoms with Crippen molar-refractivity contribution in [3.05, 3.63) is 70.8 Å². The predicted molar refractivity (Wildman–Crippen MR) is 90.2 cm³/mol. The molecule has 1 aliphatic rings. The largest absolute Gasteiger partial charge is 0.287 e. The van der Waals surface area contributed by atoms with Gasteiger partial charge in [-0.25, -0.2) is 8.78 Å². The number of aryl methyl sites for hydroxylation is 1. The summed E-state index contributed by atoms with van der Waals surface area (Å²) in [5.74, 6) is -1.26. The number of hydrogen-bond donors (Lipinski definition) is 1. The van der Waals surface area contributed by atoms with Gasteiger partial charge in [-0.05, 0) is 37.1 Å². The van der Waals surface area contributed by atoms with Crippen LogP contribution < -0.4 is 5.43 Å². The molecule has 0 fully saturated rings. The van der Waals surface area contributed by atoms with Gasteiger partial charge in [0.25, 0.3) is 0 Å². The Kier molecular flexibility index (Phi) is 4.18. The zero-order chi connectivity index (χ0) is 16.6. The monoisotopic (exact) mass is 332 g/mol. The molecule has 1 unspecified atom stereocenters. The van der Waals surface area contributed by atoms with Crippen LogP contribution in [0.4, 0.5) is 8.78 Å². The molecule has 3 rings (SSSR count). The Bertz CT molecular complexity index is 790. The third kappa shape index (κ3) is 2.86. The van der Waals surface area contributed by atoms with Crippen LogP contribution in [0.2, 0.25) is 0 Å². The first-order valence-corrected chi connectivity index (χ1v) is 7.62. The second kappa shape index (κ2) is 6.13. The van der Waals surface area contributed by atoms with Crippen molar-refractivity contribution < 1.29 is 8.78 Å². The highest BCUT2D eigenvalue weighted by molar-refractivity contribution is 6.37. The molecule has 0 radical (unpaired) electrons. The topological polar surface area (TPSA) is 24.4 Å². The highest BCUT2D eigenvalue weighted by Crippen LogP contribution is 2.36. The number of halogens is 3. The Morgan fingerprint density at radius 1 is 1.04 bits per heavy atom. The standard InChI is InChI=1S/C18H15ClF2N2/c1-10-8-13(20)16(14(21)9-10)17-15(11(2)22-23-18(17)19)12-6-4-3-5-7-12/h3-9,18,23H,1-2H3. The SMILES string of the molecule is CC1=NNC(Cl)C(c2c(F)cc(C)cc2F)=C1c1ccccc1. The minimum atomic E-state index is -0.819. The molecule has 1 atom stereocenters. The van der Waals surface area contributed by atoms with Crippen LogP contribution in [-0.4, -0.2) is 11.2 Å². The third-order valence-electron chi connectivity index (χ3n) is 3.75. The average molecular weight is 333 g/mol. The first kappa shape index (κ1) is 15.7. The fraction of sp³-hybridized carbons (Fsp3) is 0.167. The van der Waals surface area contributed by atoms with E-state index in [4.69, 9.17) is 11.6 Å². The lowest BCUT2D eigenvalue weighted by atomic mass is 9.90. The van der Waals surface area contributed by atoms with E-state index >= 15 is 0 Å². The predicted octanol–water partition coefficient (Wildman–Crippen LogP) is 4.73. The summed E-state index contributed by atoms with van der Waals surface area (Å²) in [6, 6.07) is 11.9. The van der Waals surface area contributed by atoms with Gasteiger partial charge in [-0.15, -0.1) is 0 Å². The number of rotatable bonds is 2. The molecule has 0 aliphatic carbocycles. The van der Waals surface area contributed by atoms with Crippen LogP contribution in [0.5, 0.6) is 0 Å². The molecule has 2 nitrogen and oxygen atoms in total. The van der Waals surface area contributed by atoms with Gasteiger partial charge < -0.3 is 0 Å². The van der Waals surface area contributed by atoms with Gasteiger partial charge in [0.05, 0.1) is 11.3 Å². The van der Waals surface area contributed by atoms with Crippen molar-refractivity contribution in [3.8, 4) is 0 Å². The number of nitrogens with one attached hydrogen (secondary N) is 1. The van der Waals surface area contributed by atoms with E-state index in [-0.39, 0.29) is 5.56 Å². The summed E-state index contributed by atoms with van der Waals surface area (Å²) in [6.07, 6.45) is 0. The number of hydrogen-bond acceptors (Lipinski definition) is 2. The first-order valence-electron chi connectivity index (χ1n) is 7.19. The molecule has 1 N–H and O–H groups in total. The first-order chi connectivity index (χ1) is 11.0. The molecular weight excluding hydrogens is 318 g/mol. The minimum Gasteiger partial charge on any atom is -0.287 e. The summed E-state index contributed by atoms with van der Waals surface area (Å²) in [6.45, 7) is 3.43. The van der Waals surface area contributed by atoms with Crippen molar-refractivity contribution in [1.29, 1.82) is 0 Å². The second-order valence-electron chi connectivity index (χ2n) is 5.45. The third-order valence-corrected chi connectivity index (χ3v) is 4.06. The number of allylic oxidation sites excluding steroid dienone is 1. The molecule has 0 spiro atoms. The van der Waals surface area contributed by atoms with Gasteiger partial charge in [-0.1, -0.05) is 41.9 Å². The van der Waals surface area contributed by atoms with Crippen LogP contribution >= 0.6 is 11.6 Å². The molecule has 2 aromatic carbocycles. The van der Waals surface area contributed by atoms with Crippen LogP contribution in [0.3, 0.4) is 0 Å². The summed E-state index contributed by atoms with van der Waals surface area (Å²) >= 11 is 6.30. The lowest BCUT2D eigenvalue weighted by Gasteiger charge is -2.25. The smallest absolute Gasteiger partial charge is 0.144 e. The number of alkyl halides is 1. The van der Waals surface area contributed by atoms with E-state index in [1.54, 1.807) is 13.8 Å². The van der Waals surface area contributed by atoms with Gasteiger partial charge in [0.2, 0.25) is 0 Å². The number of hydrazone groups is 1. The summed E-state index contributed by atoms with van der Waals surface area (Å²) < 4.78 is 29.0. The lowest BCUT2D eigenvalue weighted by molar-refractivity contribution is 0.572. The van der Waals surface area contributed by atoms with Crippen molar-refractivity contribution in [3.63, 3.8) is 0 Å². The van der Waals surface area contributed by atoms with E-state index in [1.165, 1.54) is 12.1 Å². The Labute approximate surface area is 138 Å². The lowest BCUT2D eigenvalue weighted by Crippen LogP contribution is -2.28. The van der Waals surface area contributed by atoms with Crippen LogP contribution in [0.25, 0.3) is 11.1 Å². The Morgan fingerprint density at radius 3 is 2.26 bits per heavy atom. The van der Waals surface area contributed by atoms with Crippen molar-refractivity contribution >= 4 is 28.5 Å². The highest BCUT2D eigenvalue weighted by atomic mass is 35.5. The van der Waals surface area contributed by atoms with Gasteiger partial charge in [0, 0.05) is 11.1 Å². The molecular formula is C18H15ClF2N2. The average Bonchev–Trinajstić information content (AvgIpc) is 2.50. The quantitative estimate of drug-likeness (QED) is 0.624. The van der Waals surface area contributed by atoms with Crippen molar-refractivity contribution in [2.75, 3.05) is 0 Å². The Balaban J connectivity index is 2.34. The maximum absolute atomic E-state index is 14.5.